The summed E-state index contributed by atoms with van der Waals surface area (Å²) in [5, 5.41) is 0. The molecular formula is C15H18FNO2. The number of benzene rings is 1. The Morgan fingerprint density at radius 3 is 2.84 bits per heavy atom. The number of Topliss-reactive ketones (excluding diaryl/α,β-unsaturated/α-hetero) is 1. The van der Waals surface area contributed by atoms with Crippen molar-refractivity contribution in [3.8, 4) is 0 Å². The SMILES string of the molecule is CCCC1CC(=O)N(CC(=O)c2ccccc2F)C1. The summed E-state index contributed by atoms with van der Waals surface area (Å²) < 4.78 is 13.5. The van der Waals surface area contributed by atoms with Crippen LogP contribution in [0.4, 0.5) is 4.39 Å². The van der Waals surface area contributed by atoms with Gasteiger partial charge >= 0.3 is 0 Å². The molecule has 0 aliphatic carbocycles. The van der Waals surface area contributed by atoms with Gasteiger partial charge in [0, 0.05) is 13.0 Å². The number of carbonyl (C=O) groups excluding carboxylic acids is 2. The largest absolute Gasteiger partial charge is 0.335 e. The van der Waals surface area contributed by atoms with E-state index in [1.807, 2.05) is 0 Å². The van der Waals surface area contributed by atoms with E-state index in [2.05, 4.69) is 6.92 Å². The smallest absolute Gasteiger partial charge is 0.223 e. The van der Waals surface area contributed by atoms with Crippen LogP contribution in [0, 0.1) is 11.7 Å². The standard InChI is InChI=1S/C15H18FNO2/c1-2-5-11-8-15(19)17(9-11)10-14(18)12-6-3-4-7-13(12)16/h3-4,6-7,11H,2,5,8-10H2,1H3. The van der Waals surface area contributed by atoms with E-state index in [1.54, 1.807) is 17.0 Å². The molecule has 4 heteroatoms. The number of hydrogen-bond donors (Lipinski definition) is 0. The highest BCUT2D eigenvalue weighted by atomic mass is 19.1. The molecule has 1 aliphatic heterocycles. The van der Waals surface area contributed by atoms with E-state index in [0.717, 1.165) is 12.8 Å². The van der Waals surface area contributed by atoms with Gasteiger partial charge in [0.2, 0.25) is 5.91 Å². The Labute approximate surface area is 112 Å². The van der Waals surface area contributed by atoms with Crippen LogP contribution in [0.3, 0.4) is 0 Å². The molecule has 0 bridgehead atoms. The van der Waals surface area contributed by atoms with Gasteiger partial charge in [-0.15, -0.1) is 0 Å². The van der Waals surface area contributed by atoms with Crippen LogP contribution in [-0.4, -0.2) is 29.7 Å². The molecule has 0 radical (unpaired) electrons. The highest BCUT2D eigenvalue weighted by molar-refractivity contribution is 5.99. The summed E-state index contributed by atoms with van der Waals surface area (Å²) in [6, 6.07) is 5.90. The van der Waals surface area contributed by atoms with E-state index in [1.165, 1.54) is 12.1 Å². The first-order valence-electron chi connectivity index (χ1n) is 6.67. The quantitative estimate of drug-likeness (QED) is 0.766. The Hall–Kier alpha value is -1.71. The molecule has 0 spiro atoms. The van der Waals surface area contributed by atoms with Crippen molar-refractivity contribution >= 4 is 11.7 Å². The van der Waals surface area contributed by atoms with Crippen LogP contribution >= 0.6 is 0 Å². The Morgan fingerprint density at radius 1 is 1.42 bits per heavy atom. The number of carbonyl (C=O) groups is 2. The van der Waals surface area contributed by atoms with Gasteiger partial charge in [0.25, 0.3) is 0 Å². The summed E-state index contributed by atoms with van der Waals surface area (Å²) in [6.45, 7) is 2.69. The second kappa shape index (κ2) is 5.95. The Balaban J connectivity index is 2.00. The van der Waals surface area contributed by atoms with Gasteiger partial charge in [-0.3, -0.25) is 9.59 Å². The van der Waals surface area contributed by atoms with Gasteiger partial charge in [-0.05, 0) is 24.5 Å². The zero-order chi connectivity index (χ0) is 13.8. The van der Waals surface area contributed by atoms with Gasteiger partial charge in [-0.1, -0.05) is 25.5 Å². The first-order chi connectivity index (χ1) is 9.11. The minimum Gasteiger partial charge on any atom is -0.335 e. The summed E-state index contributed by atoms with van der Waals surface area (Å²) in [6.07, 6.45) is 2.54. The average molecular weight is 263 g/mol. The van der Waals surface area contributed by atoms with Crippen molar-refractivity contribution in [3.63, 3.8) is 0 Å². The van der Waals surface area contributed by atoms with Crippen molar-refractivity contribution in [2.75, 3.05) is 13.1 Å². The molecule has 1 unspecified atom stereocenters. The lowest BCUT2D eigenvalue weighted by Gasteiger charge is -2.15. The summed E-state index contributed by atoms with van der Waals surface area (Å²) in [5.74, 6) is -0.512. The lowest BCUT2D eigenvalue weighted by Crippen LogP contribution is -2.31. The third kappa shape index (κ3) is 3.19. The van der Waals surface area contributed by atoms with Gasteiger partial charge in [0.15, 0.2) is 5.78 Å². The first kappa shape index (κ1) is 13.7. The molecule has 1 aromatic rings. The fraction of sp³-hybridized carbons (Fsp3) is 0.467. The predicted octanol–water partition coefficient (Wildman–Crippen LogP) is 2.66. The predicted molar refractivity (Wildman–Crippen MR) is 70.3 cm³/mol. The van der Waals surface area contributed by atoms with E-state index in [0.29, 0.717) is 18.9 Å². The molecule has 0 saturated carbocycles. The van der Waals surface area contributed by atoms with Crippen LogP contribution in [0.1, 0.15) is 36.5 Å². The number of halogens is 1. The second-order valence-corrected chi connectivity index (χ2v) is 5.04. The van der Waals surface area contributed by atoms with Crippen LogP contribution < -0.4 is 0 Å². The van der Waals surface area contributed by atoms with Crippen LogP contribution in [-0.2, 0) is 4.79 Å². The molecule has 1 saturated heterocycles. The maximum absolute atomic E-state index is 13.5. The monoisotopic (exact) mass is 263 g/mol. The van der Waals surface area contributed by atoms with E-state index < -0.39 is 5.82 Å². The van der Waals surface area contributed by atoms with Crippen molar-refractivity contribution in [1.82, 2.24) is 4.90 Å². The number of nitrogens with zero attached hydrogens (tertiary/aromatic N) is 1. The molecule has 102 valence electrons. The topological polar surface area (TPSA) is 37.4 Å². The van der Waals surface area contributed by atoms with Gasteiger partial charge in [0.05, 0.1) is 12.1 Å². The molecule has 1 aliphatic rings. The molecule has 3 nitrogen and oxygen atoms in total. The minimum atomic E-state index is -0.524. The van der Waals surface area contributed by atoms with Gasteiger partial charge in [-0.2, -0.15) is 0 Å². The lowest BCUT2D eigenvalue weighted by atomic mass is 10.0. The maximum atomic E-state index is 13.5. The van der Waals surface area contributed by atoms with E-state index >= 15 is 0 Å². The zero-order valence-corrected chi connectivity index (χ0v) is 11.1. The minimum absolute atomic E-state index is 0.00291. The number of rotatable bonds is 5. The molecule has 1 heterocycles. The van der Waals surface area contributed by atoms with Crippen molar-refractivity contribution in [2.45, 2.75) is 26.2 Å². The molecule has 1 atom stereocenters. The number of hydrogen-bond acceptors (Lipinski definition) is 2. The third-order valence-electron chi connectivity index (χ3n) is 3.50. The van der Waals surface area contributed by atoms with Gasteiger partial charge in [0.1, 0.15) is 5.82 Å². The molecule has 1 fully saturated rings. The Kier molecular flexibility index (Phi) is 4.30. The summed E-state index contributed by atoms with van der Waals surface area (Å²) in [5.41, 5.74) is 0.0641. The number of ketones is 1. The molecule has 1 amide bonds. The number of amides is 1. The molecule has 0 N–H and O–H groups in total. The Morgan fingerprint density at radius 2 is 2.16 bits per heavy atom. The zero-order valence-electron chi connectivity index (χ0n) is 11.1. The molecule has 2 rings (SSSR count). The summed E-state index contributed by atoms with van der Waals surface area (Å²) in [7, 11) is 0. The lowest BCUT2D eigenvalue weighted by molar-refractivity contribution is -0.127. The number of likely N-dealkylation sites (tertiary alicyclic amines) is 1. The fourth-order valence-corrected chi connectivity index (χ4v) is 2.55. The molecule has 1 aromatic carbocycles. The maximum Gasteiger partial charge on any atom is 0.223 e. The van der Waals surface area contributed by atoms with E-state index in [9.17, 15) is 14.0 Å². The van der Waals surface area contributed by atoms with Crippen LogP contribution in [0.15, 0.2) is 24.3 Å². The van der Waals surface area contributed by atoms with Crippen molar-refractivity contribution in [3.05, 3.63) is 35.6 Å². The van der Waals surface area contributed by atoms with Gasteiger partial charge in [-0.25, -0.2) is 4.39 Å². The molecular weight excluding hydrogens is 245 g/mol. The average Bonchev–Trinajstić information content (AvgIpc) is 2.70. The van der Waals surface area contributed by atoms with Gasteiger partial charge < -0.3 is 4.90 Å². The van der Waals surface area contributed by atoms with Crippen molar-refractivity contribution in [1.29, 1.82) is 0 Å². The van der Waals surface area contributed by atoms with Crippen molar-refractivity contribution < 1.29 is 14.0 Å². The second-order valence-electron chi connectivity index (χ2n) is 5.04. The first-order valence-corrected chi connectivity index (χ1v) is 6.67. The summed E-state index contributed by atoms with van der Waals surface area (Å²) >= 11 is 0. The van der Waals surface area contributed by atoms with Crippen molar-refractivity contribution in [2.24, 2.45) is 5.92 Å². The highest BCUT2D eigenvalue weighted by Gasteiger charge is 2.30. The van der Waals surface area contributed by atoms with Crippen LogP contribution in [0.5, 0.6) is 0 Å². The normalized spacial score (nSPS) is 18.9. The van der Waals surface area contributed by atoms with Crippen LogP contribution in [0.2, 0.25) is 0 Å². The summed E-state index contributed by atoms with van der Waals surface area (Å²) in [4.78, 5) is 25.3. The third-order valence-corrected chi connectivity index (χ3v) is 3.50. The molecule has 19 heavy (non-hydrogen) atoms. The highest BCUT2D eigenvalue weighted by Crippen LogP contribution is 2.22. The Bertz CT molecular complexity index is 487. The fourth-order valence-electron chi connectivity index (χ4n) is 2.55. The van der Waals surface area contributed by atoms with E-state index in [-0.39, 0.29) is 23.8 Å². The molecule has 0 aromatic heterocycles. The van der Waals surface area contributed by atoms with Crippen LogP contribution in [0.25, 0.3) is 0 Å². The van der Waals surface area contributed by atoms with E-state index in [4.69, 9.17) is 0 Å².